The van der Waals surface area contributed by atoms with Gasteiger partial charge in [-0.05, 0) is 37.1 Å². The van der Waals surface area contributed by atoms with Gasteiger partial charge in [0.05, 0.1) is 10.1 Å². The molecular formula is C16H21NO4S. The van der Waals surface area contributed by atoms with Crippen LogP contribution in [-0.4, -0.2) is 51.7 Å². The Morgan fingerprint density at radius 2 is 1.77 bits per heavy atom. The molecule has 22 heavy (non-hydrogen) atoms. The van der Waals surface area contributed by atoms with E-state index in [1.807, 2.05) is 14.1 Å². The van der Waals surface area contributed by atoms with Crippen LogP contribution in [0.15, 0.2) is 41.4 Å². The largest absolute Gasteiger partial charge is 0.383 e. The molecule has 0 aromatic heterocycles. The van der Waals surface area contributed by atoms with Gasteiger partial charge in [0.15, 0.2) is 15.6 Å². The summed E-state index contributed by atoms with van der Waals surface area (Å²) in [7, 11) is 0.306. The molecule has 6 heteroatoms. The van der Waals surface area contributed by atoms with Gasteiger partial charge >= 0.3 is 0 Å². The predicted octanol–water partition coefficient (Wildman–Crippen LogP) is 1.90. The maximum atomic E-state index is 12.5. The summed E-state index contributed by atoms with van der Waals surface area (Å²) in [5.74, 6) is -0.149. The Balaban J connectivity index is 2.16. The molecule has 1 aliphatic heterocycles. The zero-order valence-corrected chi connectivity index (χ0v) is 13.7. The number of benzene rings is 1. The van der Waals surface area contributed by atoms with Crippen LogP contribution >= 0.6 is 0 Å². The smallest absolute Gasteiger partial charge is 0.187 e. The molecule has 1 heterocycles. The number of hydrogen-bond acceptors (Lipinski definition) is 5. The van der Waals surface area contributed by atoms with Crippen LogP contribution in [0.4, 0.5) is 0 Å². The van der Waals surface area contributed by atoms with Crippen molar-refractivity contribution in [2.24, 2.45) is 0 Å². The highest BCUT2D eigenvalue weighted by atomic mass is 32.2. The molecule has 1 fully saturated rings. The number of rotatable bonds is 5. The van der Waals surface area contributed by atoms with Crippen molar-refractivity contribution in [3.05, 3.63) is 42.1 Å². The molecule has 1 aromatic carbocycles. The highest BCUT2D eigenvalue weighted by molar-refractivity contribution is 7.92. The molecule has 0 atom stereocenters. The van der Waals surface area contributed by atoms with Gasteiger partial charge < -0.3 is 9.64 Å². The first kappa shape index (κ1) is 16.7. The molecule has 5 nitrogen and oxygen atoms in total. The fourth-order valence-electron chi connectivity index (χ4n) is 2.30. The first-order valence-corrected chi connectivity index (χ1v) is 8.76. The van der Waals surface area contributed by atoms with Gasteiger partial charge in [-0.3, -0.25) is 4.79 Å². The Morgan fingerprint density at radius 1 is 1.18 bits per heavy atom. The van der Waals surface area contributed by atoms with Crippen LogP contribution in [0.3, 0.4) is 0 Å². The van der Waals surface area contributed by atoms with Crippen LogP contribution in [0.5, 0.6) is 0 Å². The highest BCUT2D eigenvalue weighted by Gasteiger charge is 2.29. The van der Waals surface area contributed by atoms with E-state index in [9.17, 15) is 13.2 Å². The van der Waals surface area contributed by atoms with Crippen molar-refractivity contribution < 1.29 is 17.9 Å². The van der Waals surface area contributed by atoms with Crippen molar-refractivity contribution in [2.75, 3.05) is 27.3 Å². The van der Waals surface area contributed by atoms with Crippen LogP contribution in [0.25, 0.3) is 0 Å². The van der Waals surface area contributed by atoms with E-state index < -0.39 is 15.1 Å². The quantitative estimate of drug-likeness (QED) is 0.612. The van der Waals surface area contributed by atoms with E-state index in [2.05, 4.69) is 0 Å². The molecule has 1 saturated heterocycles. The molecular weight excluding hydrogens is 302 g/mol. The maximum absolute atomic E-state index is 12.5. The van der Waals surface area contributed by atoms with Crippen molar-refractivity contribution >= 4 is 15.6 Å². The number of ether oxygens (including phenoxy) is 1. The molecule has 1 aromatic rings. The molecule has 0 N–H and O–H groups in total. The molecule has 0 unspecified atom stereocenters. The monoisotopic (exact) mass is 323 g/mol. The lowest BCUT2D eigenvalue weighted by Crippen LogP contribution is -2.28. The second-order valence-corrected chi connectivity index (χ2v) is 7.75. The van der Waals surface area contributed by atoms with Crippen LogP contribution in [0.2, 0.25) is 0 Å². The Labute approximate surface area is 131 Å². The third-order valence-electron chi connectivity index (χ3n) is 3.60. The van der Waals surface area contributed by atoms with Crippen molar-refractivity contribution in [1.82, 2.24) is 4.90 Å². The van der Waals surface area contributed by atoms with Crippen molar-refractivity contribution in [3.8, 4) is 0 Å². The van der Waals surface area contributed by atoms with Gasteiger partial charge in [-0.25, -0.2) is 8.42 Å². The Morgan fingerprint density at radius 3 is 2.32 bits per heavy atom. The zero-order chi connectivity index (χ0) is 16.2. The number of allylic oxidation sites excluding steroid dienone is 1. The van der Waals surface area contributed by atoms with Gasteiger partial charge in [0.25, 0.3) is 0 Å². The summed E-state index contributed by atoms with van der Waals surface area (Å²) in [5.41, 5.74) is 0.476. The van der Waals surface area contributed by atoms with E-state index in [4.69, 9.17) is 4.74 Å². The van der Waals surface area contributed by atoms with E-state index in [1.54, 1.807) is 23.2 Å². The number of carbonyl (C=O) groups is 1. The second kappa shape index (κ2) is 7.07. The fourth-order valence-corrected chi connectivity index (χ4v) is 4.01. The summed E-state index contributed by atoms with van der Waals surface area (Å²) in [6.07, 6.45) is 4.17. The SMILES string of the molecule is CN(C)/C=C/C(=O)c1ccc(S(=O)(=O)C2CCOCC2)cc1. The summed E-state index contributed by atoms with van der Waals surface area (Å²) in [6, 6.07) is 6.16. The highest BCUT2D eigenvalue weighted by Crippen LogP contribution is 2.24. The standard InChI is InChI=1S/C16H21NO4S/c1-17(2)10-7-16(18)13-3-5-14(6-4-13)22(19,20)15-8-11-21-12-9-15/h3-7,10,15H,8-9,11-12H2,1-2H3/b10-7+. The molecule has 120 valence electrons. The van der Waals surface area contributed by atoms with Crippen LogP contribution in [0.1, 0.15) is 23.2 Å². The number of sulfone groups is 1. The number of hydrogen-bond donors (Lipinski definition) is 0. The van der Waals surface area contributed by atoms with Crippen molar-refractivity contribution in [2.45, 2.75) is 23.0 Å². The predicted molar refractivity (Wildman–Crippen MR) is 84.6 cm³/mol. The number of ketones is 1. The molecule has 0 radical (unpaired) electrons. The minimum absolute atomic E-state index is 0.149. The van der Waals surface area contributed by atoms with Crippen LogP contribution < -0.4 is 0 Å². The summed E-state index contributed by atoms with van der Waals surface area (Å²) in [5, 5.41) is -0.392. The lowest BCUT2D eigenvalue weighted by molar-refractivity contribution is 0.0983. The number of nitrogens with zero attached hydrogens (tertiary/aromatic N) is 1. The van der Waals surface area contributed by atoms with E-state index >= 15 is 0 Å². The van der Waals surface area contributed by atoms with Gasteiger partial charge in [-0.2, -0.15) is 0 Å². The zero-order valence-electron chi connectivity index (χ0n) is 12.9. The van der Waals surface area contributed by atoms with E-state index in [0.717, 1.165) is 0 Å². The second-order valence-electron chi connectivity index (χ2n) is 5.52. The van der Waals surface area contributed by atoms with Gasteiger partial charge in [-0.1, -0.05) is 0 Å². The van der Waals surface area contributed by atoms with Gasteiger partial charge in [0.2, 0.25) is 0 Å². The minimum atomic E-state index is -3.35. The molecule has 1 aliphatic rings. The summed E-state index contributed by atoms with van der Waals surface area (Å²) < 4.78 is 30.3. The minimum Gasteiger partial charge on any atom is -0.383 e. The van der Waals surface area contributed by atoms with Crippen LogP contribution in [-0.2, 0) is 14.6 Å². The van der Waals surface area contributed by atoms with Crippen molar-refractivity contribution in [3.63, 3.8) is 0 Å². The fraction of sp³-hybridized carbons (Fsp3) is 0.438. The Bertz CT molecular complexity index is 641. The lowest BCUT2D eigenvalue weighted by atomic mass is 10.1. The van der Waals surface area contributed by atoms with Crippen LogP contribution in [0, 0.1) is 0 Å². The topological polar surface area (TPSA) is 63.7 Å². The van der Waals surface area contributed by atoms with E-state index in [-0.39, 0.29) is 10.7 Å². The summed E-state index contributed by atoms with van der Waals surface area (Å²) >= 11 is 0. The van der Waals surface area contributed by atoms with E-state index in [0.29, 0.717) is 31.6 Å². The third-order valence-corrected chi connectivity index (χ3v) is 5.88. The average Bonchev–Trinajstić information content (AvgIpc) is 2.53. The first-order valence-electron chi connectivity index (χ1n) is 7.22. The molecule has 0 amide bonds. The normalized spacial score (nSPS) is 16.8. The van der Waals surface area contributed by atoms with E-state index in [1.165, 1.54) is 18.2 Å². The van der Waals surface area contributed by atoms with Gasteiger partial charge in [-0.15, -0.1) is 0 Å². The van der Waals surface area contributed by atoms with Gasteiger partial charge in [0.1, 0.15) is 0 Å². The summed E-state index contributed by atoms with van der Waals surface area (Å²) in [6.45, 7) is 0.964. The van der Waals surface area contributed by atoms with Gasteiger partial charge in [0, 0.05) is 45.1 Å². The molecule has 0 aliphatic carbocycles. The summed E-state index contributed by atoms with van der Waals surface area (Å²) in [4.78, 5) is 14.0. The Kier molecular flexibility index (Phi) is 5.37. The average molecular weight is 323 g/mol. The maximum Gasteiger partial charge on any atom is 0.187 e. The lowest BCUT2D eigenvalue weighted by Gasteiger charge is -2.22. The Hall–Kier alpha value is -1.66. The first-order chi connectivity index (χ1) is 10.4. The van der Waals surface area contributed by atoms with Crippen molar-refractivity contribution in [1.29, 1.82) is 0 Å². The number of carbonyl (C=O) groups excluding carboxylic acids is 1. The molecule has 0 spiro atoms. The molecule has 0 saturated carbocycles. The third kappa shape index (κ3) is 3.96. The molecule has 2 rings (SSSR count). The molecule has 0 bridgehead atoms.